The molecule has 6 atom stereocenters. The number of hydrogen-bond donors (Lipinski definition) is 2. The van der Waals surface area contributed by atoms with Crippen molar-refractivity contribution in [2.24, 2.45) is 29.1 Å². The lowest BCUT2D eigenvalue weighted by molar-refractivity contribution is 0.0861. The Balaban J connectivity index is 1.71. The van der Waals surface area contributed by atoms with Gasteiger partial charge in [-0.3, -0.25) is 0 Å². The van der Waals surface area contributed by atoms with Crippen molar-refractivity contribution >= 4 is 0 Å². The van der Waals surface area contributed by atoms with Crippen LogP contribution in [0.15, 0.2) is 35.5 Å². The molecule has 0 aliphatic heterocycles. The van der Waals surface area contributed by atoms with Gasteiger partial charge in [0.25, 0.3) is 0 Å². The van der Waals surface area contributed by atoms with Crippen LogP contribution in [0.4, 0.5) is 0 Å². The fraction of sp³-hybridized carbons (Fsp3) is 0.778. The van der Waals surface area contributed by atoms with E-state index in [1.54, 1.807) is 5.57 Å². The van der Waals surface area contributed by atoms with Crippen molar-refractivity contribution in [1.29, 1.82) is 0 Å². The van der Waals surface area contributed by atoms with Gasteiger partial charge in [-0.2, -0.15) is 0 Å². The van der Waals surface area contributed by atoms with Gasteiger partial charge in [0.1, 0.15) is 0 Å². The van der Waals surface area contributed by atoms with Gasteiger partial charge < -0.3 is 10.2 Å². The quantitative estimate of drug-likeness (QED) is 0.528. The van der Waals surface area contributed by atoms with Crippen LogP contribution >= 0.6 is 0 Å². The van der Waals surface area contributed by atoms with Crippen LogP contribution in [0.5, 0.6) is 0 Å². The average Bonchev–Trinajstić information content (AvgIpc) is 3.00. The molecule has 3 saturated carbocycles. The Morgan fingerprint density at radius 2 is 1.90 bits per heavy atom. The molecule has 0 aromatic rings. The first-order valence-corrected chi connectivity index (χ1v) is 12.2. The molecule has 2 heteroatoms. The highest BCUT2D eigenvalue weighted by Crippen LogP contribution is 2.59. The largest absolute Gasteiger partial charge is 0.393 e. The summed E-state index contributed by atoms with van der Waals surface area (Å²) < 4.78 is 0. The molecule has 0 aromatic heterocycles. The Kier molecular flexibility index (Phi) is 7.49. The SMILES string of the molecule is C=C1/C(=C\C=C2\CCC[C@@]3(C)[C@H]2CC[C@H]3[C@@H](C)CCCC(C)C)C[C@@H](O)C[C@@H]1O. The molecule has 0 aromatic carbocycles. The summed E-state index contributed by atoms with van der Waals surface area (Å²) in [6.45, 7) is 13.8. The van der Waals surface area contributed by atoms with Crippen LogP contribution in [0.3, 0.4) is 0 Å². The van der Waals surface area contributed by atoms with Gasteiger partial charge in [0.05, 0.1) is 12.2 Å². The Hall–Kier alpha value is -0.860. The van der Waals surface area contributed by atoms with Crippen molar-refractivity contribution in [3.8, 4) is 0 Å². The smallest absolute Gasteiger partial charge is 0.0811 e. The number of fused-ring (bicyclic) bond motifs is 1. The van der Waals surface area contributed by atoms with Crippen LogP contribution in [0.2, 0.25) is 0 Å². The van der Waals surface area contributed by atoms with Gasteiger partial charge in [-0.15, -0.1) is 0 Å². The first-order chi connectivity index (χ1) is 13.7. The summed E-state index contributed by atoms with van der Waals surface area (Å²) in [5, 5.41) is 20.2. The summed E-state index contributed by atoms with van der Waals surface area (Å²) in [5.41, 5.74) is 3.88. The lowest BCUT2D eigenvalue weighted by Gasteiger charge is -2.44. The maximum atomic E-state index is 10.1. The van der Waals surface area contributed by atoms with Gasteiger partial charge in [-0.05, 0) is 78.8 Å². The summed E-state index contributed by atoms with van der Waals surface area (Å²) in [4.78, 5) is 0. The third-order valence-corrected chi connectivity index (χ3v) is 8.43. The number of aliphatic hydroxyl groups excluding tert-OH is 2. The fourth-order valence-corrected chi connectivity index (χ4v) is 6.73. The van der Waals surface area contributed by atoms with E-state index < -0.39 is 12.2 Å². The highest BCUT2D eigenvalue weighted by molar-refractivity contribution is 5.38. The Morgan fingerprint density at radius 1 is 1.14 bits per heavy atom. The van der Waals surface area contributed by atoms with Gasteiger partial charge in [-0.25, -0.2) is 0 Å². The molecule has 0 radical (unpaired) electrons. The highest BCUT2D eigenvalue weighted by atomic mass is 16.3. The highest BCUT2D eigenvalue weighted by Gasteiger charge is 2.50. The predicted molar refractivity (Wildman–Crippen MR) is 123 cm³/mol. The molecule has 2 nitrogen and oxygen atoms in total. The molecule has 3 fully saturated rings. The van der Waals surface area contributed by atoms with Crippen molar-refractivity contribution in [2.75, 3.05) is 0 Å². The van der Waals surface area contributed by atoms with Crippen LogP contribution in [-0.4, -0.2) is 22.4 Å². The number of hydrogen-bond acceptors (Lipinski definition) is 2. The van der Waals surface area contributed by atoms with Crippen LogP contribution in [-0.2, 0) is 0 Å². The van der Waals surface area contributed by atoms with Crippen LogP contribution in [0.25, 0.3) is 0 Å². The first-order valence-electron chi connectivity index (χ1n) is 12.2. The minimum Gasteiger partial charge on any atom is -0.393 e. The molecule has 3 rings (SSSR count). The molecule has 2 N–H and O–H groups in total. The summed E-state index contributed by atoms with van der Waals surface area (Å²) in [7, 11) is 0. The molecule has 0 amide bonds. The third-order valence-electron chi connectivity index (χ3n) is 8.43. The molecule has 0 unspecified atom stereocenters. The zero-order valence-electron chi connectivity index (χ0n) is 19.3. The minimum atomic E-state index is -0.595. The molecule has 3 aliphatic rings. The maximum Gasteiger partial charge on any atom is 0.0811 e. The van der Waals surface area contributed by atoms with Crippen molar-refractivity contribution in [1.82, 2.24) is 0 Å². The zero-order valence-corrected chi connectivity index (χ0v) is 19.3. The average molecular weight is 401 g/mol. The third kappa shape index (κ3) is 5.07. The molecule has 164 valence electrons. The van der Waals surface area contributed by atoms with Crippen molar-refractivity contribution in [3.05, 3.63) is 35.5 Å². The molecule has 3 aliphatic carbocycles. The number of allylic oxidation sites excluding steroid dienone is 3. The lowest BCUT2D eigenvalue weighted by Crippen LogP contribution is -2.36. The fourth-order valence-electron chi connectivity index (χ4n) is 6.73. The Morgan fingerprint density at radius 3 is 2.62 bits per heavy atom. The van der Waals surface area contributed by atoms with E-state index in [0.29, 0.717) is 24.2 Å². The van der Waals surface area contributed by atoms with Gasteiger partial charge >= 0.3 is 0 Å². The Labute approximate surface area is 179 Å². The molecule has 0 bridgehead atoms. The van der Waals surface area contributed by atoms with E-state index in [4.69, 9.17) is 0 Å². The van der Waals surface area contributed by atoms with Crippen molar-refractivity contribution in [2.45, 2.75) is 104 Å². The van der Waals surface area contributed by atoms with E-state index >= 15 is 0 Å². The summed E-state index contributed by atoms with van der Waals surface area (Å²) in [5.74, 6) is 3.20. The second-order valence-corrected chi connectivity index (χ2v) is 11.0. The minimum absolute atomic E-state index is 0.420. The second kappa shape index (κ2) is 9.52. The molecule has 0 saturated heterocycles. The van der Waals surface area contributed by atoms with Crippen LogP contribution in [0.1, 0.15) is 91.9 Å². The van der Waals surface area contributed by atoms with E-state index in [2.05, 4.69) is 46.4 Å². The molecule has 0 heterocycles. The van der Waals surface area contributed by atoms with Gasteiger partial charge in [0.15, 0.2) is 0 Å². The van der Waals surface area contributed by atoms with E-state index in [9.17, 15) is 10.2 Å². The van der Waals surface area contributed by atoms with E-state index in [0.717, 1.165) is 28.9 Å². The zero-order chi connectivity index (χ0) is 21.2. The standard InChI is InChI=1S/C27H44O2/c1-18(2)8-6-9-19(3)24-13-14-25-21(10-7-15-27(24,25)5)11-12-22-16-23(28)17-26(29)20(22)4/h11-12,18-19,23-26,28-29H,4,6-10,13-17H2,1-3,5H3/b21-11-,22-12-/t19-,23+,24-,25-,26-,27+/m0/s1. The van der Waals surface area contributed by atoms with E-state index in [1.807, 2.05) is 0 Å². The monoisotopic (exact) mass is 400 g/mol. The molecular formula is C27H44O2. The Bertz CT molecular complexity index is 643. The van der Waals surface area contributed by atoms with Crippen LogP contribution < -0.4 is 0 Å². The maximum absolute atomic E-state index is 10.1. The summed E-state index contributed by atoms with van der Waals surface area (Å²) in [6, 6.07) is 0. The summed E-state index contributed by atoms with van der Waals surface area (Å²) >= 11 is 0. The topological polar surface area (TPSA) is 40.5 Å². The van der Waals surface area contributed by atoms with Crippen LogP contribution in [0, 0.1) is 29.1 Å². The van der Waals surface area contributed by atoms with E-state index in [1.165, 1.54) is 51.4 Å². The van der Waals surface area contributed by atoms with Gasteiger partial charge in [0.2, 0.25) is 0 Å². The molecule has 0 spiro atoms. The number of rotatable bonds is 6. The van der Waals surface area contributed by atoms with E-state index in [-0.39, 0.29) is 0 Å². The normalized spacial score (nSPS) is 39.3. The lowest BCUT2D eigenvalue weighted by atomic mass is 9.60. The summed E-state index contributed by atoms with van der Waals surface area (Å²) in [6.07, 6.45) is 15.2. The first kappa shape index (κ1) is 22.8. The van der Waals surface area contributed by atoms with Gasteiger partial charge in [0, 0.05) is 6.42 Å². The van der Waals surface area contributed by atoms with Crippen molar-refractivity contribution < 1.29 is 10.2 Å². The predicted octanol–water partition coefficient (Wildman–Crippen LogP) is 6.59. The van der Waals surface area contributed by atoms with Crippen molar-refractivity contribution in [3.63, 3.8) is 0 Å². The molecular weight excluding hydrogens is 356 g/mol. The van der Waals surface area contributed by atoms with Gasteiger partial charge in [-0.1, -0.05) is 71.3 Å². The number of aliphatic hydroxyl groups is 2. The molecule has 29 heavy (non-hydrogen) atoms. The second-order valence-electron chi connectivity index (χ2n) is 11.0.